The molecule has 162 valence electrons. The van der Waals surface area contributed by atoms with Gasteiger partial charge in [-0.15, -0.1) is 0 Å². The molecule has 2 aromatic carbocycles. The average molecular weight is 420 g/mol. The molecule has 5 N–H and O–H groups in total. The Bertz CT molecular complexity index is 1020. The van der Waals surface area contributed by atoms with Crippen LogP contribution in [0.3, 0.4) is 0 Å². The van der Waals surface area contributed by atoms with Crippen LogP contribution in [-0.4, -0.2) is 35.6 Å². The minimum Gasteiger partial charge on any atom is -0.399 e. The monoisotopic (exact) mass is 419 g/mol. The van der Waals surface area contributed by atoms with E-state index in [9.17, 15) is 9.59 Å². The molecular formula is C24H29N5O2. The number of fused-ring (bicyclic) bond motifs is 1. The minimum atomic E-state index is -0.261. The van der Waals surface area contributed by atoms with Crippen LogP contribution in [0.2, 0.25) is 0 Å². The molecule has 3 rings (SSSR count). The smallest absolute Gasteiger partial charge is 0.255 e. The molecule has 0 spiro atoms. The lowest BCUT2D eigenvalue weighted by molar-refractivity contribution is -0.127. The largest absolute Gasteiger partial charge is 0.399 e. The first-order valence-electron chi connectivity index (χ1n) is 10.5. The van der Waals surface area contributed by atoms with Gasteiger partial charge in [0, 0.05) is 47.6 Å². The molecule has 0 radical (unpaired) electrons. The van der Waals surface area contributed by atoms with Gasteiger partial charge in [0.1, 0.15) is 5.84 Å². The van der Waals surface area contributed by atoms with E-state index in [1.54, 1.807) is 42.5 Å². The molecule has 0 atom stereocenters. The number of aliphatic imine (C=N–C) groups is 1. The van der Waals surface area contributed by atoms with Gasteiger partial charge in [0.2, 0.25) is 5.91 Å². The van der Waals surface area contributed by atoms with Crippen LogP contribution < -0.4 is 16.8 Å². The maximum Gasteiger partial charge on any atom is 0.255 e. The lowest BCUT2D eigenvalue weighted by Crippen LogP contribution is -2.34. The van der Waals surface area contributed by atoms with E-state index in [2.05, 4.69) is 24.2 Å². The maximum absolute atomic E-state index is 13.1. The summed E-state index contributed by atoms with van der Waals surface area (Å²) < 4.78 is 0. The van der Waals surface area contributed by atoms with Crippen molar-refractivity contribution in [2.24, 2.45) is 10.7 Å². The number of nitrogen functional groups attached to an aromatic ring is 1. The van der Waals surface area contributed by atoms with Gasteiger partial charge in [-0.3, -0.25) is 9.59 Å². The zero-order chi connectivity index (χ0) is 22.4. The van der Waals surface area contributed by atoms with Crippen LogP contribution in [-0.2, 0) is 4.79 Å². The van der Waals surface area contributed by atoms with Gasteiger partial charge in [-0.05, 0) is 55.3 Å². The number of amides is 2. The molecule has 1 aliphatic heterocycles. The first-order valence-corrected chi connectivity index (χ1v) is 10.5. The Morgan fingerprint density at radius 3 is 2.35 bits per heavy atom. The van der Waals surface area contributed by atoms with E-state index in [1.165, 1.54) is 0 Å². The quantitative estimate of drug-likeness (QED) is 0.590. The Hall–Kier alpha value is -3.61. The number of benzene rings is 2. The van der Waals surface area contributed by atoms with Crippen LogP contribution in [0.5, 0.6) is 0 Å². The number of carbonyl (C=O) groups is 2. The molecule has 7 nitrogen and oxygen atoms in total. The van der Waals surface area contributed by atoms with Crippen molar-refractivity contribution in [2.45, 2.75) is 33.1 Å². The highest BCUT2D eigenvalue weighted by molar-refractivity contribution is 6.07. The number of anilines is 2. The highest BCUT2D eigenvalue weighted by Crippen LogP contribution is 2.29. The standard InChI is InChI=1S/C24H29N5O2/c1-3-11-29(12-4-2)24(31)18-13-16-5-6-17(14-21(16)28-22(26)15-18)23(30)27-20-9-7-19(25)8-10-20/h5-10,13-14H,3-4,11-12,15,25H2,1-2H3,(H2,26,28)(H,27,30). The number of rotatable bonds is 7. The molecule has 1 heterocycles. The summed E-state index contributed by atoms with van der Waals surface area (Å²) in [7, 11) is 0. The fourth-order valence-electron chi connectivity index (χ4n) is 3.50. The van der Waals surface area contributed by atoms with Crippen LogP contribution in [0.4, 0.5) is 17.1 Å². The first-order chi connectivity index (χ1) is 14.9. The molecule has 2 amide bonds. The molecule has 7 heteroatoms. The lowest BCUT2D eigenvalue weighted by atomic mass is 10.0. The molecule has 0 saturated heterocycles. The van der Waals surface area contributed by atoms with Crippen molar-refractivity contribution in [3.05, 3.63) is 59.2 Å². The Morgan fingerprint density at radius 2 is 1.71 bits per heavy atom. The molecule has 0 fully saturated rings. The van der Waals surface area contributed by atoms with E-state index < -0.39 is 0 Å². The van der Waals surface area contributed by atoms with E-state index in [1.807, 2.05) is 11.0 Å². The molecule has 31 heavy (non-hydrogen) atoms. The number of carbonyl (C=O) groups excluding carboxylic acids is 2. The van der Waals surface area contributed by atoms with Crippen LogP contribution >= 0.6 is 0 Å². The summed E-state index contributed by atoms with van der Waals surface area (Å²) in [6.07, 6.45) is 3.91. The third-order valence-electron chi connectivity index (χ3n) is 4.98. The van der Waals surface area contributed by atoms with Crippen molar-refractivity contribution in [1.82, 2.24) is 4.90 Å². The van der Waals surface area contributed by atoms with E-state index in [-0.39, 0.29) is 18.2 Å². The van der Waals surface area contributed by atoms with Gasteiger partial charge in [-0.25, -0.2) is 4.99 Å². The summed E-state index contributed by atoms with van der Waals surface area (Å²) in [5.41, 5.74) is 15.5. The van der Waals surface area contributed by atoms with Crippen LogP contribution in [0.25, 0.3) is 6.08 Å². The third-order valence-corrected chi connectivity index (χ3v) is 4.98. The lowest BCUT2D eigenvalue weighted by Gasteiger charge is -2.22. The summed E-state index contributed by atoms with van der Waals surface area (Å²) in [6, 6.07) is 12.1. The second kappa shape index (κ2) is 9.93. The molecule has 0 bridgehead atoms. The van der Waals surface area contributed by atoms with Crippen molar-refractivity contribution in [3.8, 4) is 0 Å². The zero-order valence-electron chi connectivity index (χ0n) is 18.0. The Morgan fingerprint density at radius 1 is 1.03 bits per heavy atom. The van der Waals surface area contributed by atoms with Gasteiger partial charge < -0.3 is 21.7 Å². The molecule has 0 aliphatic carbocycles. The Kier molecular flexibility index (Phi) is 7.07. The number of amidine groups is 1. The van der Waals surface area contributed by atoms with Gasteiger partial charge in [-0.2, -0.15) is 0 Å². The Labute approximate surface area is 182 Å². The summed E-state index contributed by atoms with van der Waals surface area (Å²) in [5, 5.41) is 2.84. The Balaban J connectivity index is 1.86. The van der Waals surface area contributed by atoms with E-state index in [0.717, 1.165) is 18.4 Å². The molecule has 0 saturated carbocycles. The van der Waals surface area contributed by atoms with Gasteiger partial charge >= 0.3 is 0 Å². The minimum absolute atomic E-state index is 0.0140. The first kappa shape index (κ1) is 22.1. The summed E-state index contributed by atoms with van der Waals surface area (Å²) in [6.45, 7) is 5.52. The SMILES string of the molecule is CCCN(CCC)C(=O)C1=Cc2ccc(C(=O)Nc3ccc(N)cc3)cc2N=C(N)C1. The van der Waals surface area contributed by atoms with Crippen molar-refractivity contribution in [1.29, 1.82) is 0 Å². The fraction of sp³-hybridized carbons (Fsp3) is 0.292. The molecule has 0 aromatic heterocycles. The highest BCUT2D eigenvalue weighted by Gasteiger charge is 2.21. The fourth-order valence-corrected chi connectivity index (χ4v) is 3.50. The number of nitrogens with one attached hydrogen (secondary N) is 1. The van der Waals surface area contributed by atoms with Gasteiger partial charge in [0.15, 0.2) is 0 Å². The van der Waals surface area contributed by atoms with Crippen molar-refractivity contribution in [3.63, 3.8) is 0 Å². The van der Waals surface area contributed by atoms with E-state index in [4.69, 9.17) is 11.5 Å². The van der Waals surface area contributed by atoms with Crippen molar-refractivity contribution in [2.75, 3.05) is 24.1 Å². The normalized spacial score (nSPS) is 12.8. The number of hydrogen-bond acceptors (Lipinski definition) is 5. The number of nitrogens with two attached hydrogens (primary N) is 2. The van der Waals surface area contributed by atoms with E-state index >= 15 is 0 Å². The van der Waals surface area contributed by atoms with Crippen molar-refractivity contribution >= 4 is 40.8 Å². The van der Waals surface area contributed by atoms with Gasteiger partial charge in [0.25, 0.3) is 5.91 Å². The molecule has 0 unspecified atom stereocenters. The highest BCUT2D eigenvalue weighted by atomic mass is 16.2. The zero-order valence-corrected chi connectivity index (χ0v) is 18.0. The van der Waals surface area contributed by atoms with Crippen LogP contribution in [0.1, 0.15) is 49.0 Å². The second-order valence-electron chi connectivity index (χ2n) is 7.59. The summed E-state index contributed by atoms with van der Waals surface area (Å²) >= 11 is 0. The predicted molar refractivity (Wildman–Crippen MR) is 126 cm³/mol. The molecular weight excluding hydrogens is 390 g/mol. The number of nitrogens with zero attached hydrogens (tertiary/aromatic N) is 2. The third kappa shape index (κ3) is 5.51. The summed E-state index contributed by atoms with van der Waals surface area (Å²) in [4.78, 5) is 32.0. The number of hydrogen-bond donors (Lipinski definition) is 3. The van der Waals surface area contributed by atoms with Gasteiger partial charge in [0.05, 0.1) is 5.69 Å². The average Bonchev–Trinajstić information content (AvgIpc) is 2.92. The topological polar surface area (TPSA) is 114 Å². The molecule has 2 aromatic rings. The summed E-state index contributed by atoms with van der Waals surface area (Å²) in [5.74, 6) is 0.0743. The van der Waals surface area contributed by atoms with Crippen molar-refractivity contribution < 1.29 is 9.59 Å². The second-order valence-corrected chi connectivity index (χ2v) is 7.59. The van der Waals surface area contributed by atoms with Crippen LogP contribution in [0.15, 0.2) is 53.0 Å². The van der Waals surface area contributed by atoms with Gasteiger partial charge in [-0.1, -0.05) is 19.9 Å². The van der Waals surface area contributed by atoms with E-state index in [0.29, 0.717) is 47.1 Å². The predicted octanol–water partition coefficient (Wildman–Crippen LogP) is 3.95. The molecule has 1 aliphatic rings. The maximum atomic E-state index is 13.1. The van der Waals surface area contributed by atoms with Crippen LogP contribution in [0, 0.1) is 0 Å².